The van der Waals surface area contributed by atoms with Gasteiger partial charge in [0, 0.05) is 49.0 Å². The molecule has 0 bridgehead atoms. The fourth-order valence-corrected chi connectivity index (χ4v) is 11.0. The zero-order valence-electron chi connectivity index (χ0n) is 35.5. The van der Waals surface area contributed by atoms with Crippen molar-refractivity contribution < 1.29 is 34.6 Å². The molecule has 1 N–H and O–H groups in total. The molecule has 9 aromatic carbocycles. The van der Waals surface area contributed by atoms with Gasteiger partial charge in [-0.3, -0.25) is 0 Å². The average molecular weight is 902 g/mol. The second-order valence-corrected chi connectivity index (χ2v) is 18.7. The number of nitrogens with one attached hydrogen (secondary N) is 1. The number of para-hydroxylation sites is 3. The van der Waals surface area contributed by atoms with Crippen molar-refractivity contribution in [2.75, 3.05) is 0 Å². The summed E-state index contributed by atoms with van der Waals surface area (Å²) < 4.78 is 85.6. The van der Waals surface area contributed by atoms with E-state index in [1.807, 2.05) is 66.7 Å². The van der Waals surface area contributed by atoms with E-state index in [0.717, 1.165) is 105 Å². The van der Waals surface area contributed by atoms with Gasteiger partial charge in [-0.2, -0.15) is 21.6 Å². The largest absolute Gasteiger partial charge is 0.534 e. The first-order chi connectivity index (χ1) is 32.5. The number of fused-ring (bicyclic) bond motifs is 12. The third-order valence-electron chi connectivity index (χ3n) is 13.4. The van der Waals surface area contributed by atoms with Crippen molar-refractivity contribution in [1.82, 2.24) is 4.98 Å². The normalized spacial score (nSPS) is 12.8. The number of H-pyrrole nitrogens is 1. The monoisotopic (exact) mass is 901 g/mol. The Hall–Kier alpha value is -8.08. The zero-order valence-corrected chi connectivity index (χ0v) is 36.3. The number of halogens is 3. The molecule has 0 radical (unpaired) electrons. The molecule has 10 heteroatoms. The van der Waals surface area contributed by atoms with E-state index in [1.165, 1.54) is 6.07 Å². The smallest absolute Gasteiger partial charge is 0.456 e. The van der Waals surface area contributed by atoms with E-state index in [2.05, 4.69) is 72.6 Å². The summed E-state index contributed by atoms with van der Waals surface area (Å²) in [6, 6.07) is 55.0. The van der Waals surface area contributed by atoms with Crippen LogP contribution < -0.4 is 4.18 Å². The molecule has 0 saturated carbocycles. The van der Waals surface area contributed by atoms with Crippen molar-refractivity contribution in [3.8, 4) is 61.4 Å². The molecule has 13 rings (SSSR count). The van der Waals surface area contributed by atoms with Gasteiger partial charge in [-0.25, -0.2) is 0 Å². The highest BCUT2D eigenvalue weighted by molar-refractivity contribution is 7.88. The Morgan fingerprint density at radius 2 is 1.04 bits per heavy atom. The maximum Gasteiger partial charge on any atom is 0.534 e. The van der Waals surface area contributed by atoms with Gasteiger partial charge in [0.1, 0.15) is 22.3 Å². The number of hydrogen-bond acceptors (Lipinski definition) is 5. The number of aryl methyl sites for hydroxylation is 1. The highest BCUT2D eigenvalue weighted by Crippen LogP contribution is 2.56. The first-order valence-electron chi connectivity index (χ1n) is 21.8. The lowest BCUT2D eigenvalue weighted by Crippen LogP contribution is -2.28. The molecule has 0 atom stereocenters. The molecule has 0 aliphatic heterocycles. The SMILES string of the molecule is Cc1cc2c(cc1-c1cccc3c1[nH]c1c(-c4ccccc4)c4c(c(-c5ccccc5)c13)Cc1c(-c3cc5oc6ccccc6c5cc3OS(=O)(=O)C(F)(F)F)cccc1-4)oc1ccccc12. The Labute approximate surface area is 380 Å². The number of hydrogen-bond donors (Lipinski definition) is 1. The maximum atomic E-state index is 14.1. The van der Waals surface area contributed by atoms with E-state index in [0.29, 0.717) is 33.9 Å². The van der Waals surface area contributed by atoms with E-state index in [4.69, 9.17) is 13.0 Å². The topological polar surface area (TPSA) is 85.4 Å². The van der Waals surface area contributed by atoms with Gasteiger partial charge in [-0.1, -0.05) is 133 Å². The average Bonchev–Trinajstić information content (AvgIpc) is 4.11. The van der Waals surface area contributed by atoms with Gasteiger partial charge in [0.25, 0.3) is 0 Å². The molecule has 0 spiro atoms. The van der Waals surface area contributed by atoms with Crippen molar-refractivity contribution in [3.63, 3.8) is 0 Å². The van der Waals surface area contributed by atoms with Gasteiger partial charge in [0.05, 0.1) is 11.0 Å². The van der Waals surface area contributed by atoms with E-state index in [9.17, 15) is 21.6 Å². The zero-order chi connectivity index (χ0) is 45.3. The summed E-state index contributed by atoms with van der Waals surface area (Å²) in [6.45, 7) is 2.13. The molecule has 0 saturated heterocycles. The second kappa shape index (κ2) is 14.2. The Balaban J connectivity index is 1.11. The molecule has 6 nitrogen and oxygen atoms in total. The van der Waals surface area contributed by atoms with Gasteiger partial charge >= 0.3 is 15.6 Å². The Bertz CT molecular complexity index is 4170. The van der Waals surface area contributed by atoms with Crippen LogP contribution in [-0.2, 0) is 16.5 Å². The number of aromatic nitrogens is 1. The molecule has 324 valence electrons. The van der Waals surface area contributed by atoms with Crippen LogP contribution in [-0.4, -0.2) is 18.9 Å². The van der Waals surface area contributed by atoms with Gasteiger partial charge in [-0.05, 0) is 105 Å². The van der Waals surface area contributed by atoms with Gasteiger partial charge in [0.2, 0.25) is 0 Å². The molecule has 67 heavy (non-hydrogen) atoms. The quantitative estimate of drug-likeness (QED) is 0.133. The standard InChI is InChI=1S/C57H34F3NO5S/c1-31-26-42-35-18-8-10-24-46(35)64-48(42)28-40(31)38-22-13-23-39-54-51(32-14-4-2-5-15-32)45-27-41-34(20-12-21-37(41)53(45)52(56(54)61-55(38)39)33-16-6-3-7-17-33)43-29-49-44(36-19-9-11-25-47(36)65-49)30-50(43)66-67(62,63)57(58,59)60/h2-26,28-30,61H,27H2,1H3. The Morgan fingerprint density at radius 1 is 0.493 bits per heavy atom. The minimum absolute atomic E-state index is 0.156. The predicted molar refractivity (Wildman–Crippen MR) is 261 cm³/mol. The van der Waals surface area contributed by atoms with Crippen LogP contribution in [0.25, 0.3) is 121 Å². The summed E-state index contributed by atoms with van der Waals surface area (Å²) >= 11 is 0. The Morgan fingerprint density at radius 3 is 1.72 bits per heavy atom. The third-order valence-corrected chi connectivity index (χ3v) is 14.3. The van der Waals surface area contributed by atoms with Crippen LogP contribution in [0, 0.1) is 6.92 Å². The highest BCUT2D eigenvalue weighted by Gasteiger charge is 2.49. The molecule has 0 fully saturated rings. The molecule has 0 unspecified atom stereocenters. The van der Waals surface area contributed by atoms with Crippen molar-refractivity contribution in [1.29, 1.82) is 0 Å². The lowest BCUT2D eigenvalue weighted by molar-refractivity contribution is -0.0499. The van der Waals surface area contributed by atoms with E-state index >= 15 is 0 Å². The van der Waals surface area contributed by atoms with Crippen LogP contribution in [0.3, 0.4) is 0 Å². The number of alkyl halides is 3. The minimum atomic E-state index is -6.06. The molecule has 12 aromatic rings. The van der Waals surface area contributed by atoms with Crippen molar-refractivity contribution in [3.05, 3.63) is 187 Å². The summed E-state index contributed by atoms with van der Waals surface area (Å²) in [6.07, 6.45) is 0.374. The molecule has 1 aliphatic carbocycles. The van der Waals surface area contributed by atoms with E-state index < -0.39 is 21.4 Å². The number of rotatable bonds is 6. The molecular weight excluding hydrogens is 868 g/mol. The third kappa shape index (κ3) is 5.85. The van der Waals surface area contributed by atoms with Crippen LogP contribution >= 0.6 is 0 Å². The maximum absolute atomic E-state index is 14.1. The van der Waals surface area contributed by atoms with Crippen LogP contribution in [0.15, 0.2) is 179 Å². The molecular formula is C57H34F3NO5S. The van der Waals surface area contributed by atoms with Gasteiger partial charge in [-0.15, -0.1) is 0 Å². The summed E-state index contributed by atoms with van der Waals surface area (Å²) in [4.78, 5) is 3.98. The van der Waals surface area contributed by atoms with Crippen molar-refractivity contribution in [2.24, 2.45) is 0 Å². The van der Waals surface area contributed by atoms with Crippen molar-refractivity contribution in [2.45, 2.75) is 18.9 Å². The predicted octanol–water partition coefficient (Wildman–Crippen LogP) is 15.9. The summed E-state index contributed by atoms with van der Waals surface area (Å²) in [5.74, 6) is -0.450. The van der Waals surface area contributed by atoms with Crippen LogP contribution in [0.4, 0.5) is 13.2 Å². The number of aromatic amines is 1. The molecule has 3 heterocycles. The first-order valence-corrected chi connectivity index (χ1v) is 23.2. The van der Waals surface area contributed by atoms with Crippen LogP contribution in [0.2, 0.25) is 0 Å². The molecule has 3 aromatic heterocycles. The Kier molecular flexibility index (Phi) is 8.33. The van der Waals surface area contributed by atoms with E-state index in [1.54, 1.807) is 36.4 Å². The fraction of sp³-hybridized carbons (Fsp3) is 0.0526. The second-order valence-electron chi connectivity index (χ2n) is 17.1. The van der Waals surface area contributed by atoms with Crippen molar-refractivity contribution >= 4 is 75.8 Å². The summed E-state index contributed by atoms with van der Waals surface area (Å²) in [5.41, 5.74) is 10.2. The lowest BCUT2D eigenvalue weighted by Gasteiger charge is -2.18. The molecule has 0 amide bonds. The number of benzene rings is 9. The first kappa shape index (κ1) is 39.3. The van der Waals surface area contributed by atoms with Gasteiger partial charge in [0.15, 0.2) is 5.75 Å². The number of furan rings is 2. The molecule has 1 aliphatic rings. The fourth-order valence-electron chi connectivity index (χ4n) is 10.5. The lowest BCUT2D eigenvalue weighted by atomic mass is 9.85. The van der Waals surface area contributed by atoms with E-state index in [-0.39, 0.29) is 5.56 Å². The summed E-state index contributed by atoms with van der Waals surface area (Å²) in [5, 5.41) is 5.22. The minimum Gasteiger partial charge on any atom is -0.456 e. The summed E-state index contributed by atoms with van der Waals surface area (Å²) in [7, 11) is -6.06. The highest BCUT2D eigenvalue weighted by atomic mass is 32.2. The van der Waals surface area contributed by atoms with Crippen LogP contribution in [0.5, 0.6) is 5.75 Å². The van der Waals surface area contributed by atoms with Gasteiger partial charge < -0.3 is 18.0 Å². The van der Waals surface area contributed by atoms with Crippen LogP contribution in [0.1, 0.15) is 16.7 Å².